The van der Waals surface area contributed by atoms with E-state index >= 15 is 0 Å². The summed E-state index contributed by atoms with van der Waals surface area (Å²) in [6, 6.07) is 20.9. The van der Waals surface area contributed by atoms with Crippen molar-refractivity contribution in [3.05, 3.63) is 89.8 Å². The number of carbonyl (C=O) groups excluding carboxylic acids is 1. The Kier molecular flexibility index (Phi) is 11.8. The Morgan fingerprint density at radius 1 is 1.03 bits per heavy atom. The minimum absolute atomic E-state index is 0.116. The van der Waals surface area contributed by atoms with Gasteiger partial charge in [-0.1, -0.05) is 54.6 Å². The van der Waals surface area contributed by atoms with Crippen LogP contribution in [0.2, 0.25) is 0 Å². The van der Waals surface area contributed by atoms with Gasteiger partial charge in [-0.2, -0.15) is 0 Å². The molecule has 1 aliphatic rings. The molecule has 0 bridgehead atoms. The van der Waals surface area contributed by atoms with Gasteiger partial charge < -0.3 is 14.8 Å². The number of carbonyl (C=O) groups is 1. The maximum absolute atomic E-state index is 13.2. The first-order valence-electron chi connectivity index (χ1n) is 14.0. The lowest BCUT2D eigenvalue weighted by atomic mass is 10.1. The third-order valence-corrected chi connectivity index (χ3v) is 6.75. The fourth-order valence-electron chi connectivity index (χ4n) is 4.53. The molecule has 1 atom stereocenters. The van der Waals surface area contributed by atoms with Gasteiger partial charge in [0.25, 0.3) is 0 Å². The number of fused-ring (bicyclic) bond motifs is 1. The van der Waals surface area contributed by atoms with Crippen molar-refractivity contribution in [1.82, 2.24) is 10.8 Å². The van der Waals surface area contributed by atoms with Crippen LogP contribution in [0.15, 0.2) is 78.4 Å². The maximum atomic E-state index is 13.2. The van der Waals surface area contributed by atoms with E-state index < -0.39 is 0 Å². The van der Waals surface area contributed by atoms with E-state index in [0.29, 0.717) is 26.2 Å². The molecule has 1 aliphatic heterocycles. The second kappa shape index (κ2) is 16.0. The Morgan fingerprint density at radius 2 is 1.87 bits per heavy atom. The summed E-state index contributed by atoms with van der Waals surface area (Å²) in [7, 11) is 0. The minimum Gasteiger partial charge on any atom is -0.489 e. The maximum Gasteiger partial charge on any atom is 0.243 e. The van der Waals surface area contributed by atoms with Gasteiger partial charge >= 0.3 is 0 Å². The Bertz CT molecular complexity index is 1190. The number of nitrogens with one attached hydrogen (secondary N) is 2. The molecule has 6 nitrogen and oxygen atoms in total. The van der Waals surface area contributed by atoms with Crippen LogP contribution in [0.5, 0.6) is 5.75 Å². The molecule has 1 heterocycles. The molecule has 0 spiro atoms. The summed E-state index contributed by atoms with van der Waals surface area (Å²) in [4.78, 5) is 17.5. The summed E-state index contributed by atoms with van der Waals surface area (Å²) in [5.41, 5.74) is 4.78. The third kappa shape index (κ3) is 10.1. The number of unbranched alkanes of at least 4 members (excludes halogenated alkanes) is 2. The fourth-order valence-corrected chi connectivity index (χ4v) is 4.53. The normalized spacial score (nSPS) is 15.8. The monoisotopic (exact) mass is 534 g/mol. The zero-order chi connectivity index (χ0) is 27.1. The number of hydroxylamine groups is 1. The topological polar surface area (TPSA) is 68.8 Å². The summed E-state index contributed by atoms with van der Waals surface area (Å²) in [6.45, 7) is 2.64. The number of amides is 1. The minimum atomic E-state index is -0.328. The van der Waals surface area contributed by atoms with Crippen LogP contribution in [-0.2, 0) is 20.8 Å². The highest BCUT2D eigenvalue weighted by molar-refractivity contribution is 5.88. The Balaban J connectivity index is 1.23. The highest BCUT2D eigenvalue weighted by Crippen LogP contribution is 2.25. The fraction of sp³-hybridized carbons (Fsp3) is 0.406. The van der Waals surface area contributed by atoms with Crippen LogP contribution in [0, 0.1) is 5.82 Å². The van der Waals surface area contributed by atoms with Crippen LogP contribution in [0.25, 0.3) is 10.8 Å². The number of ether oxygens (including phenoxy) is 2. The van der Waals surface area contributed by atoms with Crippen molar-refractivity contribution in [3.8, 4) is 5.75 Å². The quantitative estimate of drug-likeness (QED) is 0.137. The molecule has 7 heteroatoms. The van der Waals surface area contributed by atoms with Crippen molar-refractivity contribution in [2.45, 2.75) is 57.7 Å². The van der Waals surface area contributed by atoms with E-state index in [1.807, 2.05) is 36.4 Å². The van der Waals surface area contributed by atoms with Gasteiger partial charge in [0.1, 0.15) is 18.2 Å². The number of hydrogen-bond donors (Lipinski definition) is 2. The van der Waals surface area contributed by atoms with Crippen molar-refractivity contribution in [1.29, 1.82) is 0 Å². The van der Waals surface area contributed by atoms with Crippen molar-refractivity contribution in [2.24, 2.45) is 0 Å². The van der Waals surface area contributed by atoms with Crippen LogP contribution < -0.4 is 15.5 Å². The third-order valence-electron chi connectivity index (χ3n) is 6.75. The van der Waals surface area contributed by atoms with Crippen LogP contribution in [0.4, 0.5) is 4.39 Å². The number of rotatable bonds is 15. The van der Waals surface area contributed by atoms with Crippen LogP contribution in [0.1, 0.15) is 50.5 Å². The van der Waals surface area contributed by atoms with Crippen molar-refractivity contribution >= 4 is 16.7 Å². The first-order valence-corrected chi connectivity index (χ1v) is 14.0. The molecular weight excluding hydrogens is 495 g/mol. The predicted octanol–water partition coefficient (Wildman–Crippen LogP) is 6.25. The molecule has 0 radical (unpaired) electrons. The molecule has 1 unspecified atom stereocenters. The van der Waals surface area contributed by atoms with Gasteiger partial charge in [0, 0.05) is 31.4 Å². The van der Waals surface area contributed by atoms with Gasteiger partial charge in [0.05, 0.1) is 0 Å². The molecule has 208 valence electrons. The standard InChI is InChI=1S/C32H39FN2O4/c33-28-18-16-25(17-19-28)20-21-34-23-26(24-38-30-13-8-11-27-10-4-5-12-29(27)30)9-2-1-3-14-31(36)35-39-32-15-6-7-22-37-32/h4-5,8-13,16-19,32,34H,1-3,6-7,14-15,20-24H2,(H,35,36)/b26-9+. The van der Waals surface area contributed by atoms with Gasteiger partial charge in [-0.05, 0) is 79.8 Å². The highest BCUT2D eigenvalue weighted by atomic mass is 19.1. The molecule has 39 heavy (non-hydrogen) atoms. The Hall–Kier alpha value is -3.26. The van der Waals surface area contributed by atoms with E-state index in [0.717, 1.165) is 79.1 Å². The molecule has 0 aliphatic carbocycles. The molecule has 1 amide bonds. The van der Waals surface area contributed by atoms with E-state index in [2.05, 4.69) is 35.1 Å². The van der Waals surface area contributed by atoms with Crippen molar-refractivity contribution < 1.29 is 23.5 Å². The van der Waals surface area contributed by atoms with Gasteiger partial charge in [-0.25, -0.2) is 14.7 Å². The molecule has 3 aromatic carbocycles. The lowest BCUT2D eigenvalue weighted by Gasteiger charge is -2.22. The van der Waals surface area contributed by atoms with E-state index in [-0.39, 0.29) is 18.0 Å². The van der Waals surface area contributed by atoms with Gasteiger partial charge in [-0.15, -0.1) is 0 Å². The Morgan fingerprint density at radius 3 is 2.72 bits per heavy atom. The van der Waals surface area contributed by atoms with Gasteiger partial charge in [0.15, 0.2) is 6.29 Å². The molecule has 3 aromatic rings. The smallest absolute Gasteiger partial charge is 0.243 e. The zero-order valence-corrected chi connectivity index (χ0v) is 22.5. The molecule has 0 aromatic heterocycles. The van der Waals surface area contributed by atoms with Crippen LogP contribution >= 0.6 is 0 Å². The Labute approximate surface area is 230 Å². The van der Waals surface area contributed by atoms with E-state index in [9.17, 15) is 9.18 Å². The van der Waals surface area contributed by atoms with E-state index in [1.165, 1.54) is 12.1 Å². The number of hydrogen-bond acceptors (Lipinski definition) is 5. The first kappa shape index (κ1) is 28.7. The molecule has 0 saturated carbocycles. The average molecular weight is 535 g/mol. The van der Waals surface area contributed by atoms with Crippen LogP contribution in [0.3, 0.4) is 0 Å². The van der Waals surface area contributed by atoms with Crippen molar-refractivity contribution in [2.75, 3.05) is 26.3 Å². The number of halogens is 1. The van der Waals surface area contributed by atoms with Gasteiger partial charge in [0.2, 0.25) is 5.91 Å². The molecular formula is C32H39FN2O4. The second-order valence-corrected chi connectivity index (χ2v) is 9.87. The summed E-state index contributed by atoms with van der Waals surface area (Å²) in [5.74, 6) is 0.532. The lowest BCUT2D eigenvalue weighted by Crippen LogP contribution is -2.32. The summed E-state index contributed by atoms with van der Waals surface area (Å²) < 4.78 is 24.9. The summed E-state index contributed by atoms with van der Waals surface area (Å²) in [5, 5.41) is 5.74. The van der Waals surface area contributed by atoms with Crippen molar-refractivity contribution in [3.63, 3.8) is 0 Å². The summed E-state index contributed by atoms with van der Waals surface area (Å²) in [6.07, 6.45) is 8.54. The average Bonchev–Trinajstić information content (AvgIpc) is 2.97. The molecule has 1 saturated heterocycles. The van der Waals surface area contributed by atoms with E-state index in [1.54, 1.807) is 0 Å². The lowest BCUT2D eigenvalue weighted by molar-refractivity contribution is -0.200. The predicted molar refractivity (Wildman–Crippen MR) is 152 cm³/mol. The highest BCUT2D eigenvalue weighted by Gasteiger charge is 2.15. The second-order valence-electron chi connectivity index (χ2n) is 9.87. The van der Waals surface area contributed by atoms with Gasteiger partial charge in [-0.3, -0.25) is 4.79 Å². The number of allylic oxidation sites excluding steroid dienone is 1. The largest absolute Gasteiger partial charge is 0.489 e. The zero-order valence-electron chi connectivity index (χ0n) is 22.5. The summed E-state index contributed by atoms with van der Waals surface area (Å²) >= 11 is 0. The van der Waals surface area contributed by atoms with E-state index in [4.69, 9.17) is 14.3 Å². The van der Waals surface area contributed by atoms with Crippen LogP contribution in [-0.4, -0.2) is 38.5 Å². The molecule has 4 rings (SSSR count). The molecule has 2 N–H and O–H groups in total. The SMILES string of the molecule is O=C(CCCC/C=C(\CNCCc1ccc(F)cc1)COc1cccc2ccccc12)NOC1CCCCO1. The number of benzene rings is 3. The molecule has 1 fully saturated rings. The first-order chi connectivity index (χ1) is 19.2.